The number of thioether (sulfide) groups is 1. The second kappa shape index (κ2) is 8.72. The number of rotatable bonds is 7. The molecular formula is C20H24Cl2N4S. The lowest BCUT2D eigenvalue weighted by molar-refractivity contribution is 0.603. The number of aromatic nitrogens is 3. The highest BCUT2D eigenvalue weighted by atomic mass is 35.5. The predicted molar refractivity (Wildman–Crippen MR) is 117 cm³/mol. The number of benzene rings is 1. The van der Waals surface area contributed by atoms with E-state index in [4.69, 9.17) is 28.9 Å². The van der Waals surface area contributed by atoms with Gasteiger partial charge in [0.25, 0.3) is 0 Å². The van der Waals surface area contributed by atoms with Crippen LogP contribution in [-0.2, 0) is 6.54 Å². The average molecular weight is 423 g/mol. The minimum atomic E-state index is 0.520. The van der Waals surface area contributed by atoms with Gasteiger partial charge in [-0.25, -0.2) is 9.97 Å². The maximum atomic E-state index is 6.22. The van der Waals surface area contributed by atoms with E-state index in [9.17, 15) is 0 Å². The van der Waals surface area contributed by atoms with Crippen molar-refractivity contribution in [3.8, 4) is 0 Å². The van der Waals surface area contributed by atoms with Gasteiger partial charge >= 0.3 is 0 Å². The van der Waals surface area contributed by atoms with E-state index in [0.29, 0.717) is 10.8 Å². The molecule has 0 spiro atoms. The largest absolute Gasteiger partial charge is 0.382 e. The molecule has 1 aromatic carbocycles. The Kier molecular flexibility index (Phi) is 6.56. The van der Waals surface area contributed by atoms with Crippen LogP contribution in [0.3, 0.4) is 0 Å². The summed E-state index contributed by atoms with van der Waals surface area (Å²) in [7, 11) is 0. The topological polar surface area (TPSA) is 56.7 Å². The lowest BCUT2D eigenvalue weighted by Gasteiger charge is -2.10. The van der Waals surface area contributed by atoms with Gasteiger partial charge in [0.2, 0.25) is 0 Å². The number of unbranched alkanes of at least 4 members (excludes halogenated alkanes) is 2. The first-order valence-corrected chi connectivity index (χ1v) is 10.8. The van der Waals surface area contributed by atoms with Gasteiger partial charge in [0, 0.05) is 22.2 Å². The Balaban J connectivity index is 1.56. The zero-order chi connectivity index (χ0) is 19.6. The van der Waals surface area contributed by atoms with E-state index < -0.39 is 0 Å². The zero-order valence-electron chi connectivity index (χ0n) is 15.9. The molecule has 2 aromatic heterocycles. The molecule has 0 atom stereocenters. The van der Waals surface area contributed by atoms with Gasteiger partial charge in [-0.1, -0.05) is 29.6 Å². The molecule has 0 amide bonds. The molecule has 0 aliphatic rings. The van der Waals surface area contributed by atoms with Crippen molar-refractivity contribution in [3.63, 3.8) is 0 Å². The summed E-state index contributed by atoms with van der Waals surface area (Å²) >= 11 is 13.9. The fourth-order valence-electron chi connectivity index (χ4n) is 3.21. The summed E-state index contributed by atoms with van der Waals surface area (Å²) < 4.78 is 2.28. The molecule has 0 bridgehead atoms. The number of nitrogens with two attached hydrogens (primary N) is 1. The lowest BCUT2D eigenvalue weighted by Crippen LogP contribution is -2.04. The number of pyridine rings is 1. The molecular weight excluding hydrogens is 399 g/mol. The first kappa shape index (κ1) is 20.3. The van der Waals surface area contributed by atoms with Crippen LogP contribution >= 0.6 is 35.0 Å². The van der Waals surface area contributed by atoms with Crippen LogP contribution in [0.15, 0.2) is 23.1 Å². The number of nitrogens with zero attached hydrogens (tertiary/aromatic N) is 3. The number of imidazole rings is 1. The highest BCUT2D eigenvalue weighted by Gasteiger charge is 2.15. The number of hydrogen-bond donors (Lipinski definition) is 1. The third-order valence-corrected chi connectivity index (χ3v) is 6.58. The Morgan fingerprint density at radius 2 is 1.85 bits per heavy atom. The maximum absolute atomic E-state index is 6.22. The van der Waals surface area contributed by atoms with E-state index >= 15 is 0 Å². The molecule has 0 radical (unpaired) electrons. The van der Waals surface area contributed by atoms with E-state index in [0.717, 1.165) is 69.6 Å². The highest BCUT2D eigenvalue weighted by molar-refractivity contribution is 7.99. The van der Waals surface area contributed by atoms with Gasteiger partial charge in [-0.3, -0.25) is 0 Å². The van der Waals surface area contributed by atoms with E-state index in [-0.39, 0.29) is 0 Å². The van der Waals surface area contributed by atoms with Crippen LogP contribution in [0.25, 0.3) is 11.0 Å². The van der Waals surface area contributed by atoms with Crippen LogP contribution in [0.2, 0.25) is 10.0 Å². The molecule has 0 saturated carbocycles. The third-order valence-electron chi connectivity index (χ3n) is 4.76. The molecule has 2 N–H and O–H groups in total. The average Bonchev–Trinajstić information content (AvgIpc) is 2.95. The second-order valence-corrected chi connectivity index (χ2v) is 8.68. The van der Waals surface area contributed by atoms with Gasteiger partial charge in [0.15, 0.2) is 5.82 Å². The summed E-state index contributed by atoms with van der Waals surface area (Å²) in [5, 5.41) is 1.40. The number of aryl methyl sites for hydroxylation is 4. The Hall–Kier alpha value is -1.43. The summed E-state index contributed by atoms with van der Waals surface area (Å²) in [6.45, 7) is 7.07. The van der Waals surface area contributed by atoms with E-state index in [1.54, 1.807) is 17.8 Å². The maximum Gasteiger partial charge on any atom is 0.151 e. The van der Waals surface area contributed by atoms with Crippen LogP contribution in [0.1, 0.15) is 36.3 Å². The van der Waals surface area contributed by atoms with Crippen molar-refractivity contribution in [1.29, 1.82) is 0 Å². The predicted octanol–water partition coefficient (Wildman–Crippen LogP) is 6.21. The lowest BCUT2D eigenvalue weighted by atomic mass is 10.2. The Morgan fingerprint density at radius 3 is 2.59 bits per heavy atom. The molecule has 3 aromatic rings. The number of hydrogen-bond acceptors (Lipinski definition) is 4. The fourth-order valence-corrected chi connectivity index (χ4v) is 4.71. The van der Waals surface area contributed by atoms with Gasteiger partial charge in [-0.15, -0.1) is 11.8 Å². The van der Waals surface area contributed by atoms with Gasteiger partial charge in [0.05, 0.1) is 10.5 Å². The van der Waals surface area contributed by atoms with E-state index in [1.807, 2.05) is 26.0 Å². The SMILES string of the molecule is Cc1nc(N)c2nc(C)n(CCCCCSc3ccc(Cl)cc3Cl)c2c1C. The third kappa shape index (κ3) is 4.53. The van der Waals surface area contributed by atoms with Crippen LogP contribution in [-0.4, -0.2) is 20.3 Å². The molecule has 4 nitrogen and oxygen atoms in total. The second-order valence-electron chi connectivity index (χ2n) is 6.70. The zero-order valence-corrected chi connectivity index (χ0v) is 18.2. The first-order chi connectivity index (χ1) is 12.9. The van der Waals surface area contributed by atoms with E-state index in [1.165, 1.54) is 0 Å². The van der Waals surface area contributed by atoms with Crippen molar-refractivity contribution in [2.24, 2.45) is 0 Å². The summed E-state index contributed by atoms with van der Waals surface area (Å²) in [6.07, 6.45) is 3.38. The summed E-state index contributed by atoms with van der Waals surface area (Å²) in [4.78, 5) is 10.1. The van der Waals surface area contributed by atoms with Crippen molar-refractivity contribution >= 4 is 51.8 Å². The van der Waals surface area contributed by atoms with Crippen LogP contribution in [0.5, 0.6) is 0 Å². The number of nitrogen functional groups attached to an aromatic ring is 1. The summed E-state index contributed by atoms with van der Waals surface area (Å²) in [5.74, 6) is 2.56. The Morgan fingerprint density at radius 1 is 1.07 bits per heavy atom. The summed E-state index contributed by atoms with van der Waals surface area (Å²) in [5.41, 5.74) is 10.1. The standard InChI is InChI=1S/C20H24Cl2N4S/c1-12-13(2)24-20(23)18-19(12)26(14(3)25-18)9-5-4-6-10-27-17-8-7-15(21)11-16(17)22/h7-8,11H,4-6,9-10H2,1-3H3,(H2,23,24). The molecule has 144 valence electrons. The van der Waals surface area contributed by atoms with Gasteiger partial charge in [-0.05, 0) is 63.1 Å². The molecule has 0 saturated heterocycles. The molecule has 0 aliphatic heterocycles. The Bertz CT molecular complexity index is 969. The van der Waals surface area contributed by atoms with Crippen LogP contribution in [0, 0.1) is 20.8 Å². The minimum Gasteiger partial charge on any atom is -0.382 e. The molecule has 0 unspecified atom stereocenters. The molecule has 2 heterocycles. The van der Waals surface area contributed by atoms with Gasteiger partial charge in [0.1, 0.15) is 11.3 Å². The Labute approximate surface area is 174 Å². The molecule has 7 heteroatoms. The molecule has 0 fully saturated rings. The van der Waals surface area contributed by atoms with Crippen molar-refractivity contribution < 1.29 is 0 Å². The van der Waals surface area contributed by atoms with Gasteiger partial charge in [-0.2, -0.15) is 0 Å². The molecule has 0 aliphatic carbocycles. The minimum absolute atomic E-state index is 0.520. The van der Waals surface area contributed by atoms with Crippen molar-refractivity contribution in [2.45, 2.75) is 51.5 Å². The number of fused-ring (bicyclic) bond motifs is 1. The van der Waals surface area contributed by atoms with Crippen molar-refractivity contribution in [3.05, 3.63) is 45.3 Å². The number of halogens is 2. The summed E-state index contributed by atoms with van der Waals surface area (Å²) in [6, 6.07) is 5.66. The monoisotopic (exact) mass is 422 g/mol. The van der Waals surface area contributed by atoms with Crippen LogP contribution < -0.4 is 5.73 Å². The first-order valence-electron chi connectivity index (χ1n) is 9.06. The van der Waals surface area contributed by atoms with Crippen molar-refractivity contribution in [1.82, 2.24) is 14.5 Å². The normalized spacial score (nSPS) is 11.4. The highest BCUT2D eigenvalue weighted by Crippen LogP contribution is 2.30. The van der Waals surface area contributed by atoms with Crippen molar-refractivity contribution in [2.75, 3.05) is 11.5 Å². The number of anilines is 1. The van der Waals surface area contributed by atoms with Crippen LogP contribution in [0.4, 0.5) is 5.82 Å². The molecule has 27 heavy (non-hydrogen) atoms. The smallest absolute Gasteiger partial charge is 0.151 e. The van der Waals surface area contributed by atoms with E-state index in [2.05, 4.69) is 21.5 Å². The fraction of sp³-hybridized carbons (Fsp3) is 0.400. The molecule has 3 rings (SSSR count). The quantitative estimate of drug-likeness (QED) is 0.363. The van der Waals surface area contributed by atoms with Gasteiger partial charge < -0.3 is 10.3 Å².